The Morgan fingerprint density at radius 3 is 0.569 bits per heavy atom. The van der Waals surface area contributed by atoms with Gasteiger partial charge in [-0.05, 0) is 172 Å². The smallest absolute Gasteiger partial charge is 0.314 e. The van der Waals surface area contributed by atoms with E-state index in [1.807, 2.05) is 36.4 Å². The molecule has 0 spiro atoms. The molecule has 2 nitrogen and oxygen atoms in total. The Balaban J connectivity index is 0.000000267. The number of halogens is 4. The summed E-state index contributed by atoms with van der Waals surface area (Å²) in [6.07, 6.45) is 0. The molecule has 0 saturated carbocycles. The van der Waals surface area contributed by atoms with Crippen molar-refractivity contribution in [3.63, 3.8) is 0 Å². The lowest BCUT2D eigenvalue weighted by atomic mass is 9.89. The Bertz CT molecular complexity index is 2530. The van der Waals surface area contributed by atoms with Crippen LogP contribution in [-0.2, 0) is 0 Å². The fraction of sp³-hybridized carbons (Fsp3) is 0.400. The zero-order valence-electron chi connectivity index (χ0n) is 48.5. The van der Waals surface area contributed by atoms with Crippen molar-refractivity contribution in [1.29, 1.82) is 0 Å². The van der Waals surface area contributed by atoms with E-state index in [4.69, 9.17) is 0 Å². The highest BCUT2D eigenvalue weighted by Gasteiger charge is 2.59. The molecule has 0 bridgehead atoms. The van der Waals surface area contributed by atoms with Crippen molar-refractivity contribution < 1.29 is 16.4 Å². The first-order valence-corrected chi connectivity index (χ1v) is 42.9. The van der Waals surface area contributed by atoms with Gasteiger partial charge in [-0.2, -0.15) is 0 Å². The summed E-state index contributed by atoms with van der Waals surface area (Å²) < 4.78 is 73.7. The highest BCUT2D eigenvalue weighted by Crippen LogP contribution is 2.42. The van der Waals surface area contributed by atoms with Crippen molar-refractivity contribution >= 4 is 61.1 Å². The van der Waals surface area contributed by atoms with Gasteiger partial charge < -0.3 is 7.79 Å². The summed E-state index contributed by atoms with van der Waals surface area (Å²) in [7, 11) is -19.6. The molecule has 0 unspecified atom stereocenters. The van der Waals surface area contributed by atoms with Crippen LogP contribution in [0.3, 0.4) is 0 Å². The highest BCUT2D eigenvalue weighted by atomic mass is 28.5. The van der Waals surface area contributed by atoms with Gasteiger partial charge in [0.15, 0.2) is 0 Å². The van der Waals surface area contributed by atoms with Gasteiger partial charge in [0.1, 0.15) is 32.9 Å². The van der Waals surface area contributed by atoms with Crippen LogP contribution in [0.2, 0.25) is 78.6 Å². The third kappa shape index (κ3) is 12.2. The summed E-state index contributed by atoms with van der Waals surface area (Å²) in [5.74, 6) is 0. The summed E-state index contributed by atoms with van der Waals surface area (Å²) in [6.45, 7) is 49.7. The maximum atomic E-state index is 17.5. The Morgan fingerprint density at radius 1 is 0.278 bits per heavy atom. The molecule has 12 heteroatoms. The predicted octanol–water partition coefficient (Wildman–Crippen LogP) is 17.9. The molecule has 0 aliphatic carbocycles. The topological polar surface area (TPSA) is 6.48 Å². The molecule has 0 amide bonds. The fourth-order valence-corrected chi connectivity index (χ4v) is 46.4. The lowest BCUT2D eigenvalue weighted by Crippen LogP contribution is -2.73. The second kappa shape index (κ2) is 21.1. The number of nitrogens with zero attached hydrogens (tertiary/aromatic N) is 2. The van der Waals surface area contributed by atoms with E-state index in [9.17, 15) is 0 Å². The summed E-state index contributed by atoms with van der Waals surface area (Å²) in [6, 6.07) is 28.7. The van der Waals surface area contributed by atoms with Gasteiger partial charge in [0, 0.05) is 10.4 Å². The van der Waals surface area contributed by atoms with Crippen LogP contribution < -0.4 is 10.4 Å². The number of benzene rings is 6. The van der Waals surface area contributed by atoms with E-state index in [0.717, 1.165) is 89.0 Å². The Hall–Kier alpha value is -3.74. The molecule has 6 rings (SSSR count). The van der Waals surface area contributed by atoms with Crippen molar-refractivity contribution in [2.75, 3.05) is 0 Å². The Kier molecular flexibility index (Phi) is 17.3. The summed E-state index contributed by atoms with van der Waals surface area (Å²) in [5.41, 5.74) is 19.7. The molecule has 0 fully saturated rings. The van der Waals surface area contributed by atoms with Crippen LogP contribution in [0.15, 0.2) is 84.9 Å². The summed E-state index contributed by atoms with van der Waals surface area (Å²) >= 11 is 0. The minimum Gasteiger partial charge on any atom is -0.314 e. The zero-order chi connectivity index (χ0) is 54.8. The molecule has 0 aromatic heterocycles. The molecule has 0 aliphatic rings. The summed E-state index contributed by atoms with van der Waals surface area (Å²) in [5, 5.41) is 0.583. The van der Waals surface area contributed by atoms with Crippen LogP contribution in [0.4, 0.5) is 16.4 Å². The molecule has 6 aromatic rings. The Morgan fingerprint density at radius 2 is 0.431 bits per heavy atom. The third-order valence-corrected chi connectivity index (χ3v) is 42.0. The van der Waals surface area contributed by atoms with Crippen molar-refractivity contribution in [3.8, 4) is 44.5 Å². The first kappa shape index (κ1) is 59.1. The number of aryl methyl sites for hydroxylation is 12. The van der Waals surface area contributed by atoms with Crippen LogP contribution in [0.5, 0.6) is 0 Å². The van der Waals surface area contributed by atoms with Crippen molar-refractivity contribution in [2.24, 2.45) is 0 Å². The van der Waals surface area contributed by atoms with Crippen molar-refractivity contribution in [1.82, 2.24) is 7.79 Å². The molecule has 0 aliphatic heterocycles. The van der Waals surface area contributed by atoms with Crippen molar-refractivity contribution in [3.05, 3.63) is 152 Å². The van der Waals surface area contributed by atoms with Crippen LogP contribution >= 0.6 is 0 Å². The molecule has 6 aromatic carbocycles. The third-order valence-electron chi connectivity index (χ3n) is 13.8. The van der Waals surface area contributed by atoms with Gasteiger partial charge in [-0.3, -0.25) is 0 Å². The standard InChI is InChI=1S/2C30H43F2NSi3/c2*1-20-16-22(3)28(23(4)17-20)26-14-13-15-27(29-24(5)18-21(2)19-25(29)6)30(26)36(31,32)33(34(7,8)9)35(10,11)12/h2*13-19H,1-12H3. The first-order valence-electron chi connectivity index (χ1n) is 25.7. The van der Waals surface area contributed by atoms with Gasteiger partial charge in [-0.1, -0.05) is 186 Å². The van der Waals surface area contributed by atoms with E-state index in [1.54, 1.807) is 7.79 Å². The molecular formula is C60H86F4N2Si6. The number of hydrogen-bond donors (Lipinski definition) is 0. The van der Waals surface area contributed by atoms with Crippen molar-refractivity contribution in [2.45, 2.75) is 162 Å². The normalized spacial score (nSPS) is 13.0. The number of hydrogen-bond acceptors (Lipinski definition) is 2. The lowest BCUT2D eigenvalue weighted by Gasteiger charge is -2.47. The van der Waals surface area contributed by atoms with E-state index in [-0.39, 0.29) is 0 Å². The minimum absolute atomic E-state index is 0.292. The van der Waals surface area contributed by atoms with Gasteiger partial charge in [0.2, 0.25) is 0 Å². The molecule has 0 heterocycles. The van der Waals surface area contributed by atoms with E-state index in [2.05, 4.69) is 210 Å². The predicted molar refractivity (Wildman–Crippen MR) is 324 cm³/mol. The summed E-state index contributed by atoms with van der Waals surface area (Å²) in [4.78, 5) is 0. The molecule has 0 radical (unpaired) electrons. The zero-order valence-corrected chi connectivity index (χ0v) is 54.5. The monoisotopic (exact) mass is 1080 g/mol. The molecule has 0 N–H and O–H groups in total. The van der Waals surface area contributed by atoms with Crippen LogP contribution in [0.1, 0.15) is 66.8 Å². The van der Waals surface area contributed by atoms with Crippen LogP contribution in [0, 0.1) is 83.1 Å². The largest absolute Gasteiger partial charge is 0.528 e. The maximum absolute atomic E-state index is 17.5. The molecule has 388 valence electrons. The maximum Gasteiger partial charge on any atom is 0.528 e. The number of rotatable bonds is 12. The van der Waals surface area contributed by atoms with Gasteiger partial charge in [0.05, 0.1) is 0 Å². The van der Waals surface area contributed by atoms with Crippen LogP contribution in [0.25, 0.3) is 44.5 Å². The second-order valence-corrected chi connectivity index (χ2v) is 50.9. The molecule has 72 heavy (non-hydrogen) atoms. The van der Waals surface area contributed by atoms with Gasteiger partial charge in [-0.25, -0.2) is 16.4 Å². The van der Waals surface area contributed by atoms with E-state index >= 15 is 16.4 Å². The van der Waals surface area contributed by atoms with E-state index in [0.29, 0.717) is 32.6 Å². The second-order valence-electron chi connectivity index (χ2n) is 25.0. The Labute approximate surface area is 440 Å². The molecular weight excluding hydrogens is 993 g/mol. The van der Waals surface area contributed by atoms with Crippen LogP contribution in [-0.4, -0.2) is 58.5 Å². The van der Waals surface area contributed by atoms with Gasteiger partial charge in [-0.15, -0.1) is 0 Å². The quantitative estimate of drug-likeness (QED) is 0.0685. The average Bonchev–Trinajstić information content (AvgIpc) is 3.14. The first-order chi connectivity index (χ1) is 32.7. The highest BCUT2D eigenvalue weighted by molar-refractivity contribution is 7.06. The molecule has 0 atom stereocenters. The van der Waals surface area contributed by atoms with E-state index in [1.165, 1.54) is 0 Å². The SMILES string of the molecule is Cc1cc(C)c(-c2cccc(-c3c(C)cc(C)cc3C)c2[Si](F)(F)N([Si](C)(C)C)[Si](C)(C)C)c(C)c1.Cc1cc(C)c(-c2cccc(-c3c(C)cc(C)cc3C)c2[Si](F)(F)N([Si](C)(C)C)[Si](C)(C)C)c(C)c1. The van der Waals surface area contributed by atoms with E-state index < -0.39 is 50.7 Å². The average molecular weight is 1080 g/mol. The fourth-order valence-electron chi connectivity index (χ4n) is 12.9. The molecule has 0 saturated heterocycles. The lowest BCUT2D eigenvalue weighted by molar-refractivity contribution is 0.548. The minimum atomic E-state index is -5.10. The van der Waals surface area contributed by atoms with Gasteiger partial charge >= 0.3 is 17.8 Å². The van der Waals surface area contributed by atoms with Gasteiger partial charge in [0.25, 0.3) is 0 Å².